The van der Waals surface area contributed by atoms with E-state index in [-0.39, 0.29) is 11.8 Å². The van der Waals surface area contributed by atoms with Gasteiger partial charge < -0.3 is 19.7 Å². The number of carbonyl (C=O) groups excluding carboxylic acids is 2. The lowest BCUT2D eigenvalue weighted by atomic mass is 10.1. The number of hydrogen-bond acceptors (Lipinski definition) is 5. The summed E-state index contributed by atoms with van der Waals surface area (Å²) in [6, 6.07) is 10.7. The molecule has 0 fully saturated rings. The van der Waals surface area contributed by atoms with Gasteiger partial charge in [0.1, 0.15) is 17.1 Å². The van der Waals surface area contributed by atoms with Crippen LogP contribution < -0.4 is 14.8 Å². The van der Waals surface area contributed by atoms with E-state index < -0.39 is 0 Å². The highest BCUT2D eigenvalue weighted by Gasteiger charge is 2.18. The Morgan fingerprint density at radius 3 is 2.31 bits per heavy atom. The van der Waals surface area contributed by atoms with Gasteiger partial charge in [0.25, 0.3) is 5.91 Å². The number of aromatic nitrogens is 1. The summed E-state index contributed by atoms with van der Waals surface area (Å²) in [5.74, 6) is 0.456. The van der Waals surface area contributed by atoms with Crippen LogP contribution in [0.1, 0.15) is 23.0 Å². The van der Waals surface area contributed by atoms with Gasteiger partial charge >= 0.3 is 0 Å². The molecule has 1 heterocycles. The van der Waals surface area contributed by atoms with Crippen molar-refractivity contribution in [2.45, 2.75) is 13.5 Å². The molecule has 0 saturated carbocycles. The summed E-state index contributed by atoms with van der Waals surface area (Å²) in [6.45, 7) is 2.56. The molecule has 0 bridgehead atoms. The van der Waals surface area contributed by atoms with Gasteiger partial charge in [0.2, 0.25) is 5.91 Å². The number of nitrogens with one attached hydrogen (secondary N) is 1. The predicted octanol–water partition coefficient (Wildman–Crippen LogP) is 1.88. The first kappa shape index (κ1) is 19.2. The number of carbonyl (C=O) groups is 2. The van der Waals surface area contributed by atoms with Crippen molar-refractivity contribution in [3.05, 3.63) is 53.9 Å². The molecule has 138 valence electrons. The van der Waals surface area contributed by atoms with Gasteiger partial charge in [0, 0.05) is 26.2 Å². The third-order valence-corrected chi connectivity index (χ3v) is 3.85. The highest BCUT2D eigenvalue weighted by molar-refractivity contribution is 5.99. The summed E-state index contributed by atoms with van der Waals surface area (Å²) in [5, 5.41) is 2.81. The molecule has 1 N–H and O–H groups in total. The monoisotopic (exact) mass is 357 g/mol. The van der Waals surface area contributed by atoms with Crippen molar-refractivity contribution < 1.29 is 19.1 Å². The Morgan fingerprint density at radius 1 is 1.08 bits per heavy atom. The zero-order valence-corrected chi connectivity index (χ0v) is 15.2. The van der Waals surface area contributed by atoms with Gasteiger partial charge in [-0.25, -0.2) is 0 Å². The maximum absolute atomic E-state index is 12.5. The number of pyridine rings is 1. The van der Waals surface area contributed by atoms with Crippen molar-refractivity contribution in [3.63, 3.8) is 0 Å². The van der Waals surface area contributed by atoms with E-state index in [2.05, 4.69) is 10.3 Å². The van der Waals surface area contributed by atoms with E-state index in [1.165, 1.54) is 21.1 Å². The first-order valence-electron chi connectivity index (χ1n) is 8.21. The molecule has 0 spiro atoms. The second-order valence-corrected chi connectivity index (χ2v) is 5.56. The Bertz CT molecular complexity index is 727. The van der Waals surface area contributed by atoms with E-state index in [0.717, 1.165) is 5.69 Å². The maximum atomic E-state index is 12.5. The Morgan fingerprint density at radius 2 is 1.77 bits per heavy atom. The zero-order chi connectivity index (χ0) is 18.9. The summed E-state index contributed by atoms with van der Waals surface area (Å²) >= 11 is 0. The molecule has 0 aliphatic carbocycles. The van der Waals surface area contributed by atoms with E-state index in [1.54, 1.807) is 29.3 Å². The largest absolute Gasteiger partial charge is 0.496 e. The summed E-state index contributed by atoms with van der Waals surface area (Å²) in [7, 11) is 2.99. The Balaban J connectivity index is 1.99. The SMILES string of the molecule is COc1cccc(OC)c1C(=O)NCCN(Cc1ccccn1)C(C)=O. The lowest BCUT2D eigenvalue weighted by molar-refractivity contribution is -0.129. The normalized spacial score (nSPS) is 10.1. The minimum Gasteiger partial charge on any atom is -0.496 e. The van der Waals surface area contributed by atoms with Crippen LogP contribution in [0.25, 0.3) is 0 Å². The van der Waals surface area contributed by atoms with E-state index in [4.69, 9.17) is 9.47 Å². The predicted molar refractivity (Wildman–Crippen MR) is 97.2 cm³/mol. The molecule has 0 aliphatic rings. The van der Waals surface area contributed by atoms with Gasteiger partial charge in [-0.3, -0.25) is 14.6 Å². The van der Waals surface area contributed by atoms with Crippen LogP contribution in [-0.2, 0) is 11.3 Å². The number of rotatable bonds is 8. The molecule has 0 radical (unpaired) electrons. The fourth-order valence-corrected chi connectivity index (χ4v) is 2.50. The van der Waals surface area contributed by atoms with Crippen LogP contribution >= 0.6 is 0 Å². The van der Waals surface area contributed by atoms with Crippen LogP contribution in [0.5, 0.6) is 11.5 Å². The van der Waals surface area contributed by atoms with Crippen molar-refractivity contribution in [3.8, 4) is 11.5 Å². The molecule has 2 aromatic rings. The molecule has 7 heteroatoms. The molecule has 2 amide bonds. The van der Waals surface area contributed by atoms with Crippen molar-refractivity contribution in [2.24, 2.45) is 0 Å². The van der Waals surface area contributed by atoms with Gasteiger partial charge in [-0.2, -0.15) is 0 Å². The summed E-state index contributed by atoms with van der Waals surface area (Å²) in [6.07, 6.45) is 1.68. The Kier molecular flexibility index (Phi) is 6.96. The zero-order valence-electron chi connectivity index (χ0n) is 15.2. The highest BCUT2D eigenvalue weighted by Crippen LogP contribution is 2.27. The smallest absolute Gasteiger partial charge is 0.258 e. The highest BCUT2D eigenvalue weighted by atomic mass is 16.5. The second-order valence-electron chi connectivity index (χ2n) is 5.56. The fourth-order valence-electron chi connectivity index (χ4n) is 2.50. The molecule has 1 aromatic heterocycles. The molecule has 0 aliphatic heterocycles. The van der Waals surface area contributed by atoms with E-state index in [9.17, 15) is 9.59 Å². The second kappa shape index (κ2) is 9.41. The van der Waals surface area contributed by atoms with Crippen molar-refractivity contribution in [2.75, 3.05) is 27.3 Å². The number of methoxy groups -OCH3 is 2. The minimum absolute atomic E-state index is 0.0835. The molecule has 1 aromatic carbocycles. The van der Waals surface area contributed by atoms with Gasteiger partial charge in [0.15, 0.2) is 0 Å². The molecule has 26 heavy (non-hydrogen) atoms. The summed E-state index contributed by atoms with van der Waals surface area (Å²) in [5.41, 5.74) is 1.12. The van der Waals surface area contributed by atoms with Crippen LogP contribution in [0.2, 0.25) is 0 Å². The summed E-state index contributed by atoms with van der Waals surface area (Å²) in [4.78, 5) is 30.2. The molecule has 2 rings (SSSR count). The number of ether oxygens (including phenoxy) is 2. The Labute approximate surface area is 152 Å². The van der Waals surface area contributed by atoms with Gasteiger partial charge in [-0.15, -0.1) is 0 Å². The van der Waals surface area contributed by atoms with Gasteiger partial charge in [0.05, 0.1) is 26.5 Å². The molecule has 0 saturated heterocycles. The topological polar surface area (TPSA) is 80.8 Å². The van der Waals surface area contributed by atoms with Crippen molar-refractivity contribution in [1.82, 2.24) is 15.2 Å². The fraction of sp³-hybridized carbons (Fsp3) is 0.316. The van der Waals surface area contributed by atoms with E-state index >= 15 is 0 Å². The van der Waals surface area contributed by atoms with Gasteiger partial charge in [-0.1, -0.05) is 12.1 Å². The van der Waals surface area contributed by atoms with Gasteiger partial charge in [-0.05, 0) is 24.3 Å². The molecule has 0 atom stereocenters. The summed E-state index contributed by atoms with van der Waals surface area (Å²) < 4.78 is 10.5. The van der Waals surface area contributed by atoms with Crippen LogP contribution in [0, 0.1) is 0 Å². The molecular formula is C19H23N3O4. The third kappa shape index (κ3) is 4.95. The lowest BCUT2D eigenvalue weighted by Crippen LogP contribution is -2.37. The molecule has 7 nitrogen and oxygen atoms in total. The first-order chi connectivity index (χ1) is 12.6. The number of amides is 2. The van der Waals surface area contributed by atoms with Crippen molar-refractivity contribution in [1.29, 1.82) is 0 Å². The average Bonchev–Trinajstić information content (AvgIpc) is 2.66. The Hall–Kier alpha value is -3.09. The lowest BCUT2D eigenvalue weighted by Gasteiger charge is -2.21. The standard InChI is InChI=1S/C19H23N3O4/c1-14(23)22(13-15-7-4-5-10-20-15)12-11-21-19(24)18-16(25-2)8-6-9-17(18)26-3/h4-10H,11-13H2,1-3H3,(H,21,24). The maximum Gasteiger partial charge on any atom is 0.258 e. The minimum atomic E-state index is -0.319. The molecular weight excluding hydrogens is 334 g/mol. The van der Waals surface area contributed by atoms with E-state index in [1.807, 2.05) is 18.2 Å². The third-order valence-electron chi connectivity index (χ3n) is 3.85. The van der Waals surface area contributed by atoms with Crippen LogP contribution in [0.4, 0.5) is 0 Å². The van der Waals surface area contributed by atoms with E-state index in [0.29, 0.717) is 36.7 Å². The first-order valence-corrected chi connectivity index (χ1v) is 8.21. The average molecular weight is 357 g/mol. The molecule has 0 unspecified atom stereocenters. The quantitative estimate of drug-likeness (QED) is 0.780. The number of benzene rings is 1. The van der Waals surface area contributed by atoms with Crippen LogP contribution in [-0.4, -0.2) is 49.0 Å². The van der Waals surface area contributed by atoms with Crippen LogP contribution in [0.15, 0.2) is 42.6 Å². The number of nitrogens with zero attached hydrogens (tertiary/aromatic N) is 2. The van der Waals surface area contributed by atoms with Crippen LogP contribution in [0.3, 0.4) is 0 Å². The van der Waals surface area contributed by atoms with Crippen molar-refractivity contribution >= 4 is 11.8 Å². The number of hydrogen-bond donors (Lipinski definition) is 1.